The van der Waals surface area contributed by atoms with Crippen LogP contribution in [0.1, 0.15) is 18.4 Å². The van der Waals surface area contributed by atoms with Gasteiger partial charge in [-0.25, -0.2) is 0 Å². The number of fused-ring (bicyclic) bond motifs is 1. The van der Waals surface area contributed by atoms with Gasteiger partial charge in [0.25, 0.3) is 0 Å². The lowest BCUT2D eigenvalue weighted by Crippen LogP contribution is -2.26. The lowest BCUT2D eigenvalue weighted by Gasteiger charge is -2.18. The molecule has 92 valence electrons. The number of hydrogen-bond acceptors (Lipinski definition) is 1. The van der Waals surface area contributed by atoms with Crippen molar-refractivity contribution in [3.05, 3.63) is 36.0 Å². The molecular formula is C14H19ClN2. The average molecular weight is 251 g/mol. The predicted molar refractivity (Wildman–Crippen MR) is 74.9 cm³/mol. The van der Waals surface area contributed by atoms with Gasteiger partial charge in [-0.1, -0.05) is 18.2 Å². The first-order chi connectivity index (χ1) is 7.84. The molecule has 0 radical (unpaired) electrons. The molecule has 1 fully saturated rings. The van der Waals surface area contributed by atoms with Crippen LogP contribution in [0.15, 0.2) is 30.5 Å². The van der Waals surface area contributed by atoms with E-state index in [9.17, 15) is 0 Å². The van der Waals surface area contributed by atoms with Crippen LogP contribution in [0.25, 0.3) is 10.9 Å². The van der Waals surface area contributed by atoms with Crippen LogP contribution in [0.3, 0.4) is 0 Å². The second kappa shape index (κ2) is 5.11. The number of aromatic amines is 1. The normalized spacial score (nSPS) is 20.6. The van der Waals surface area contributed by atoms with E-state index in [-0.39, 0.29) is 12.4 Å². The molecule has 1 aliphatic rings. The molecule has 0 amide bonds. The zero-order chi connectivity index (χ0) is 11.0. The van der Waals surface area contributed by atoms with Gasteiger partial charge in [-0.2, -0.15) is 0 Å². The van der Waals surface area contributed by atoms with E-state index in [0.29, 0.717) is 0 Å². The molecule has 3 rings (SSSR count). The fourth-order valence-corrected chi connectivity index (χ4v) is 2.79. The third-order valence-corrected chi connectivity index (χ3v) is 3.80. The lowest BCUT2D eigenvalue weighted by molar-refractivity contribution is 0.310. The molecule has 0 aliphatic carbocycles. The zero-order valence-corrected chi connectivity index (χ0v) is 11.0. The summed E-state index contributed by atoms with van der Waals surface area (Å²) >= 11 is 0. The van der Waals surface area contributed by atoms with Gasteiger partial charge >= 0.3 is 0 Å². The Hall–Kier alpha value is -0.990. The molecule has 0 bridgehead atoms. The first-order valence-electron chi connectivity index (χ1n) is 6.10. The van der Waals surface area contributed by atoms with Gasteiger partial charge < -0.3 is 9.88 Å². The van der Waals surface area contributed by atoms with Crippen LogP contribution in [0.2, 0.25) is 0 Å². The van der Waals surface area contributed by atoms with Gasteiger partial charge in [-0.15, -0.1) is 12.4 Å². The molecule has 0 saturated carbocycles. The monoisotopic (exact) mass is 250 g/mol. The van der Waals surface area contributed by atoms with Crippen LogP contribution in [0, 0.1) is 0 Å². The molecule has 2 heterocycles. The van der Waals surface area contributed by atoms with E-state index in [1.54, 1.807) is 0 Å². The SMILES string of the molecule is CN1CCC[C@@H]1Cc1c[nH]c2ccccc12.Cl. The fourth-order valence-electron chi connectivity index (χ4n) is 2.79. The summed E-state index contributed by atoms with van der Waals surface area (Å²) in [5.41, 5.74) is 2.73. The molecule has 2 nitrogen and oxygen atoms in total. The lowest BCUT2D eigenvalue weighted by atomic mass is 10.0. The maximum absolute atomic E-state index is 3.36. The van der Waals surface area contributed by atoms with Crippen LogP contribution < -0.4 is 0 Å². The minimum Gasteiger partial charge on any atom is -0.361 e. The molecular weight excluding hydrogens is 232 g/mol. The molecule has 2 aromatic rings. The number of para-hydroxylation sites is 1. The average Bonchev–Trinajstić information content (AvgIpc) is 2.88. The third-order valence-electron chi connectivity index (χ3n) is 3.80. The molecule has 17 heavy (non-hydrogen) atoms. The van der Waals surface area contributed by atoms with Crippen molar-refractivity contribution in [1.29, 1.82) is 0 Å². The smallest absolute Gasteiger partial charge is 0.0456 e. The van der Waals surface area contributed by atoms with E-state index >= 15 is 0 Å². The standard InChI is InChI=1S/C14H18N2.ClH/c1-16-8-4-5-12(16)9-11-10-15-14-7-3-2-6-13(11)14;/h2-3,6-7,10,12,15H,4-5,8-9H2,1H3;1H/t12-;/m1./s1. The van der Waals surface area contributed by atoms with Crippen molar-refractivity contribution in [3.63, 3.8) is 0 Å². The predicted octanol–water partition coefficient (Wildman–Crippen LogP) is 3.23. The molecule has 1 atom stereocenters. The van der Waals surface area contributed by atoms with Crippen molar-refractivity contribution >= 4 is 23.3 Å². The van der Waals surface area contributed by atoms with Crippen LogP contribution in [-0.2, 0) is 6.42 Å². The molecule has 0 spiro atoms. The summed E-state index contributed by atoms with van der Waals surface area (Å²) in [6, 6.07) is 9.31. The zero-order valence-electron chi connectivity index (χ0n) is 10.1. The number of nitrogens with one attached hydrogen (secondary N) is 1. The summed E-state index contributed by atoms with van der Waals surface area (Å²) in [4.78, 5) is 5.85. The van der Waals surface area contributed by atoms with Gasteiger partial charge in [0.05, 0.1) is 0 Å². The highest BCUT2D eigenvalue weighted by atomic mass is 35.5. The number of aromatic nitrogens is 1. The minimum absolute atomic E-state index is 0. The number of nitrogens with zero attached hydrogens (tertiary/aromatic N) is 1. The fraction of sp³-hybridized carbons (Fsp3) is 0.429. The molecule has 1 aromatic heterocycles. The summed E-state index contributed by atoms with van der Waals surface area (Å²) in [5.74, 6) is 0. The highest BCUT2D eigenvalue weighted by Gasteiger charge is 2.21. The number of H-pyrrole nitrogens is 1. The molecule has 0 unspecified atom stereocenters. The highest BCUT2D eigenvalue weighted by molar-refractivity contribution is 5.85. The van der Waals surface area contributed by atoms with E-state index < -0.39 is 0 Å². The largest absolute Gasteiger partial charge is 0.361 e. The quantitative estimate of drug-likeness (QED) is 0.867. The molecule has 1 N–H and O–H groups in total. The summed E-state index contributed by atoms with van der Waals surface area (Å²) in [5, 5.41) is 1.39. The Morgan fingerprint density at radius 3 is 2.94 bits per heavy atom. The Balaban J connectivity index is 0.00000108. The number of benzene rings is 1. The van der Waals surface area contributed by atoms with Gasteiger partial charge in [0, 0.05) is 23.1 Å². The Bertz CT molecular complexity index is 492. The number of hydrogen-bond donors (Lipinski definition) is 1. The molecule has 1 aliphatic heterocycles. The van der Waals surface area contributed by atoms with Crippen molar-refractivity contribution in [2.45, 2.75) is 25.3 Å². The van der Waals surface area contributed by atoms with E-state index in [1.165, 1.54) is 42.3 Å². The summed E-state index contributed by atoms with van der Waals surface area (Å²) < 4.78 is 0. The number of likely N-dealkylation sites (N-methyl/N-ethyl adjacent to an activating group) is 1. The Morgan fingerprint density at radius 1 is 1.35 bits per heavy atom. The number of likely N-dealkylation sites (tertiary alicyclic amines) is 1. The first kappa shape index (κ1) is 12.5. The van der Waals surface area contributed by atoms with Gasteiger partial charge in [-0.05, 0) is 44.5 Å². The summed E-state index contributed by atoms with van der Waals surface area (Å²) in [6.45, 7) is 1.26. The van der Waals surface area contributed by atoms with Gasteiger partial charge in [0.15, 0.2) is 0 Å². The van der Waals surface area contributed by atoms with E-state index in [1.807, 2.05) is 0 Å². The third kappa shape index (κ3) is 2.33. The summed E-state index contributed by atoms with van der Waals surface area (Å²) in [6.07, 6.45) is 6.05. The Morgan fingerprint density at radius 2 is 2.18 bits per heavy atom. The summed E-state index contributed by atoms with van der Waals surface area (Å²) in [7, 11) is 2.24. The van der Waals surface area contributed by atoms with Crippen molar-refractivity contribution < 1.29 is 0 Å². The minimum atomic E-state index is 0. The van der Waals surface area contributed by atoms with Crippen molar-refractivity contribution in [2.75, 3.05) is 13.6 Å². The maximum Gasteiger partial charge on any atom is 0.0456 e. The Kier molecular flexibility index (Phi) is 3.75. The van der Waals surface area contributed by atoms with E-state index in [4.69, 9.17) is 0 Å². The van der Waals surface area contributed by atoms with Gasteiger partial charge in [0.1, 0.15) is 0 Å². The molecule has 3 heteroatoms. The van der Waals surface area contributed by atoms with Crippen LogP contribution in [0.4, 0.5) is 0 Å². The van der Waals surface area contributed by atoms with Crippen LogP contribution in [-0.4, -0.2) is 29.5 Å². The van der Waals surface area contributed by atoms with Crippen LogP contribution >= 0.6 is 12.4 Å². The highest BCUT2D eigenvalue weighted by Crippen LogP contribution is 2.24. The van der Waals surface area contributed by atoms with E-state index in [0.717, 1.165) is 6.04 Å². The maximum atomic E-state index is 3.36. The first-order valence-corrected chi connectivity index (χ1v) is 6.10. The van der Waals surface area contributed by atoms with Gasteiger partial charge in [0.2, 0.25) is 0 Å². The van der Waals surface area contributed by atoms with E-state index in [2.05, 4.69) is 47.4 Å². The molecule has 1 saturated heterocycles. The van der Waals surface area contributed by atoms with Crippen molar-refractivity contribution in [1.82, 2.24) is 9.88 Å². The topological polar surface area (TPSA) is 19.0 Å². The van der Waals surface area contributed by atoms with Crippen molar-refractivity contribution in [3.8, 4) is 0 Å². The van der Waals surface area contributed by atoms with Gasteiger partial charge in [-0.3, -0.25) is 0 Å². The number of rotatable bonds is 2. The second-order valence-corrected chi connectivity index (χ2v) is 4.84. The molecule has 1 aromatic carbocycles. The van der Waals surface area contributed by atoms with Crippen molar-refractivity contribution in [2.24, 2.45) is 0 Å². The number of halogens is 1. The van der Waals surface area contributed by atoms with Crippen LogP contribution in [0.5, 0.6) is 0 Å². The second-order valence-electron chi connectivity index (χ2n) is 4.84. The Labute approximate surface area is 108 Å².